The molecule has 0 amide bonds. The number of halogens is 1. The van der Waals surface area contributed by atoms with Crippen LogP contribution in [0.2, 0.25) is 0 Å². The number of nitrogens with zero attached hydrogens (tertiary/aromatic N) is 2. The zero-order valence-electron chi connectivity index (χ0n) is 7.20. The Hall–Kier alpha value is -1.17. The lowest BCUT2D eigenvalue weighted by Gasteiger charge is -2.04. The predicted molar refractivity (Wildman–Crippen MR) is 53.1 cm³/mol. The van der Waals surface area contributed by atoms with Crippen LogP contribution in [0.3, 0.4) is 0 Å². The van der Waals surface area contributed by atoms with Crippen LogP contribution in [0.15, 0.2) is 4.47 Å². The van der Waals surface area contributed by atoms with Crippen molar-refractivity contribution in [2.24, 2.45) is 0 Å². The van der Waals surface area contributed by atoms with Gasteiger partial charge in [0.15, 0.2) is 5.69 Å². The maximum Gasteiger partial charge on any atom is 0.355 e. The minimum absolute atomic E-state index is 0.0561. The molecule has 0 aromatic carbocycles. The zero-order valence-corrected chi connectivity index (χ0v) is 8.78. The second-order valence-corrected chi connectivity index (χ2v) is 4.00. The summed E-state index contributed by atoms with van der Waals surface area (Å²) in [6.07, 6.45) is 2.03. The molecular formula is C8H8BrN3O2. The monoisotopic (exact) mass is 257 g/mol. The summed E-state index contributed by atoms with van der Waals surface area (Å²) in [6, 6.07) is 0. The first kappa shape index (κ1) is 9.39. The Bertz CT molecular complexity index is 404. The summed E-state index contributed by atoms with van der Waals surface area (Å²) in [5.74, 6) is -0.0567. The van der Waals surface area contributed by atoms with Gasteiger partial charge in [-0.25, -0.2) is 14.8 Å². The number of aromatic carboxylic acids is 1. The largest absolute Gasteiger partial charge is 0.476 e. The second kappa shape index (κ2) is 3.20. The van der Waals surface area contributed by atoms with E-state index in [0.717, 1.165) is 12.8 Å². The molecule has 0 radical (unpaired) electrons. The van der Waals surface area contributed by atoms with Crippen molar-refractivity contribution in [3.05, 3.63) is 16.0 Å². The number of anilines is 1. The number of carboxylic acids is 1. The van der Waals surface area contributed by atoms with Gasteiger partial charge in [-0.05, 0) is 28.8 Å². The minimum atomic E-state index is -1.09. The van der Waals surface area contributed by atoms with Crippen molar-refractivity contribution < 1.29 is 9.90 Å². The number of nitrogens with two attached hydrogens (primary N) is 1. The van der Waals surface area contributed by atoms with Crippen LogP contribution in [0.25, 0.3) is 0 Å². The lowest BCUT2D eigenvalue weighted by Crippen LogP contribution is -2.09. The first-order valence-corrected chi connectivity index (χ1v) is 4.95. The van der Waals surface area contributed by atoms with Crippen molar-refractivity contribution in [3.63, 3.8) is 0 Å². The summed E-state index contributed by atoms with van der Waals surface area (Å²) in [5.41, 5.74) is 5.51. The molecule has 0 spiro atoms. The molecule has 74 valence electrons. The third-order valence-electron chi connectivity index (χ3n) is 2.04. The van der Waals surface area contributed by atoms with Gasteiger partial charge in [-0.3, -0.25) is 0 Å². The topological polar surface area (TPSA) is 89.1 Å². The van der Waals surface area contributed by atoms with Gasteiger partial charge in [0.2, 0.25) is 0 Å². The number of aromatic nitrogens is 2. The average Bonchev–Trinajstić information content (AvgIpc) is 2.91. The lowest BCUT2D eigenvalue weighted by atomic mass is 10.3. The average molecular weight is 258 g/mol. The van der Waals surface area contributed by atoms with Gasteiger partial charge in [-0.1, -0.05) is 0 Å². The first-order chi connectivity index (χ1) is 6.59. The van der Waals surface area contributed by atoms with Crippen molar-refractivity contribution in [2.45, 2.75) is 18.8 Å². The Morgan fingerprint density at radius 3 is 2.64 bits per heavy atom. The number of carboxylic acid groups (broad SMARTS) is 1. The van der Waals surface area contributed by atoms with Crippen LogP contribution in [-0.4, -0.2) is 21.0 Å². The Balaban J connectivity index is 2.51. The highest BCUT2D eigenvalue weighted by atomic mass is 79.9. The Labute approximate surface area is 88.5 Å². The van der Waals surface area contributed by atoms with Crippen molar-refractivity contribution >= 4 is 27.7 Å². The highest BCUT2D eigenvalue weighted by Gasteiger charge is 2.29. The van der Waals surface area contributed by atoms with E-state index >= 15 is 0 Å². The molecule has 3 N–H and O–H groups in total. The fourth-order valence-electron chi connectivity index (χ4n) is 1.15. The molecule has 1 aliphatic rings. The van der Waals surface area contributed by atoms with Crippen molar-refractivity contribution in [2.75, 3.05) is 5.73 Å². The predicted octanol–water partition coefficient (Wildman–Crippen LogP) is 1.40. The van der Waals surface area contributed by atoms with E-state index in [1.54, 1.807) is 0 Å². The summed E-state index contributed by atoms with van der Waals surface area (Å²) < 4.78 is 0.259. The van der Waals surface area contributed by atoms with E-state index < -0.39 is 5.97 Å². The molecule has 14 heavy (non-hydrogen) atoms. The summed E-state index contributed by atoms with van der Waals surface area (Å²) in [7, 11) is 0. The minimum Gasteiger partial charge on any atom is -0.476 e. The van der Waals surface area contributed by atoms with E-state index in [-0.39, 0.29) is 16.0 Å². The number of hydrogen-bond acceptors (Lipinski definition) is 4. The van der Waals surface area contributed by atoms with Gasteiger partial charge in [-0.15, -0.1) is 0 Å². The van der Waals surface area contributed by atoms with E-state index in [2.05, 4.69) is 25.9 Å². The van der Waals surface area contributed by atoms with E-state index in [1.165, 1.54) is 0 Å². The number of hydrogen-bond donors (Lipinski definition) is 2. The Morgan fingerprint density at radius 1 is 1.50 bits per heavy atom. The number of carbonyl (C=O) groups is 1. The molecule has 1 aliphatic carbocycles. The standard InChI is InChI=1S/C8H8BrN3O2/c9-4-5(8(13)14)11-7(3-1-2-3)12-6(4)10/h3H,1-2H2,(H,13,14)(H2,10,11,12). The summed E-state index contributed by atoms with van der Waals surface area (Å²) in [6.45, 7) is 0. The van der Waals surface area contributed by atoms with Gasteiger partial charge in [0, 0.05) is 5.92 Å². The third-order valence-corrected chi connectivity index (χ3v) is 2.82. The Kier molecular flexibility index (Phi) is 2.14. The molecule has 0 bridgehead atoms. The normalized spacial score (nSPS) is 15.5. The SMILES string of the molecule is Nc1nc(C2CC2)nc(C(=O)O)c1Br. The van der Waals surface area contributed by atoms with Crippen molar-refractivity contribution in [3.8, 4) is 0 Å². The van der Waals surface area contributed by atoms with E-state index in [1.807, 2.05) is 0 Å². The van der Waals surface area contributed by atoms with Crippen LogP contribution < -0.4 is 5.73 Å². The molecule has 5 nitrogen and oxygen atoms in total. The molecule has 1 saturated carbocycles. The van der Waals surface area contributed by atoms with E-state index in [4.69, 9.17) is 10.8 Å². The molecule has 0 atom stereocenters. The molecule has 2 rings (SSSR count). The molecule has 1 aromatic rings. The van der Waals surface area contributed by atoms with Gasteiger partial charge in [-0.2, -0.15) is 0 Å². The van der Waals surface area contributed by atoms with Crippen molar-refractivity contribution in [1.29, 1.82) is 0 Å². The van der Waals surface area contributed by atoms with Crippen LogP contribution in [-0.2, 0) is 0 Å². The quantitative estimate of drug-likeness (QED) is 0.836. The summed E-state index contributed by atoms with van der Waals surface area (Å²) in [5, 5.41) is 8.84. The summed E-state index contributed by atoms with van der Waals surface area (Å²) in [4.78, 5) is 18.8. The van der Waals surface area contributed by atoms with Crippen LogP contribution in [0.5, 0.6) is 0 Å². The molecule has 1 fully saturated rings. The number of rotatable bonds is 2. The van der Waals surface area contributed by atoms with Gasteiger partial charge in [0.05, 0.1) is 4.47 Å². The lowest BCUT2D eigenvalue weighted by molar-refractivity contribution is 0.0689. The van der Waals surface area contributed by atoms with Gasteiger partial charge in [0.25, 0.3) is 0 Å². The van der Waals surface area contributed by atoms with Crippen LogP contribution in [0.4, 0.5) is 5.82 Å². The van der Waals surface area contributed by atoms with Crippen LogP contribution >= 0.6 is 15.9 Å². The Morgan fingerprint density at radius 2 is 2.14 bits per heavy atom. The maximum atomic E-state index is 10.8. The molecule has 0 aliphatic heterocycles. The number of nitrogen functional groups attached to an aromatic ring is 1. The van der Waals surface area contributed by atoms with Gasteiger partial charge >= 0.3 is 5.97 Å². The fraction of sp³-hybridized carbons (Fsp3) is 0.375. The van der Waals surface area contributed by atoms with E-state index in [0.29, 0.717) is 11.7 Å². The smallest absolute Gasteiger partial charge is 0.355 e. The fourth-order valence-corrected chi connectivity index (χ4v) is 1.50. The molecule has 1 heterocycles. The summed E-state index contributed by atoms with van der Waals surface area (Å²) >= 11 is 3.05. The molecule has 1 aromatic heterocycles. The molecule has 6 heteroatoms. The van der Waals surface area contributed by atoms with Crippen molar-refractivity contribution in [1.82, 2.24) is 9.97 Å². The first-order valence-electron chi connectivity index (χ1n) is 4.15. The second-order valence-electron chi connectivity index (χ2n) is 3.21. The molecule has 0 saturated heterocycles. The zero-order chi connectivity index (χ0) is 10.3. The molecular weight excluding hydrogens is 250 g/mol. The third kappa shape index (κ3) is 1.57. The maximum absolute atomic E-state index is 10.8. The highest BCUT2D eigenvalue weighted by molar-refractivity contribution is 9.10. The van der Waals surface area contributed by atoms with Crippen LogP contribution in [0, 0.1) is 0 Å². The van der Waals surface area contributed by atoms with Crippen LogP contribution in [0.1, 0.15) is 35.1 Å². The van der Waals surface area contributed by atoms with E-state index in [9.17, 15) is 4.79 Å². The highest BCUT2D eigenvalue weighted by Crippen LogP contribution is 2.39. The van der Waals surface area contributed by atoms with Gasteiger partial charge in [0.1, 0.15) is 11.6 Å². The van der Waals surface area contributed by atoms with Gasteiger partial charge < -0.3 is 10.8 Å². The molecule has 0 unspecified atom stereocenters.